The standard InChI is InChI=1S/C16H24N4O2/c1-12(2)20-8-13(7-14(20)21)15(22)18-9-16(3-4-16)10-19-6-5-17-11-19/h5-6,11-13H,3-4,7-10H2,1-2H3,(H,18,22)/t13-/m0/s1. The van der Waals surface area contributed by atoms with Gasteiger partial charge in [-0.1, -0.05) is 0 Å². The van der Waals surface area contributed by atoms with Crippen LogP contribution in [0.5, 0.6) is 0 Å². The largest absolute Gasteiger partial charge is 0.355 e. The van der Waals surface area contributed by atoms with Crippen LogP contribution in [0.1, 0.15) is 33.1 Å². The molecule has 1 atom stereocenters. The third-order valence-corrected chi connectivity index (χ3v) is 4.82. The van der Waals surface area contributed by atoms with E-state index in [9.17, 15) is 9.59 Å². The lowest BCUT2D eigenvalue weighted by molar-refractivity contribution is -0.130. The predicted octanol–water partition coefficient (Wildman–Crippen LogP) is 1.04. The highest BCUT2D eigenvalue weighted by Gasteiger charge is 2.44. The normalized spacial score (nSPS) is 23.1. The molecule has 0 aromatic carbocycles. The summed E-state index contributed by atoms with van der Waals surface area (Å²) >= 11 is 0. The molecule has 1 aliphatic heterocycles. The van der Waals surface area contributed by atoms with Crippen LogP contribution in [0.2, 0.25) is 0 Å². The Morgan fingerprint density at radius 3 is 2.82 bits per heavy atom. The van der Waals surface area contributed by atoms with E-state index in [0.29, 0.717) is 19.5 Å². The Hall–Kier alpha value is -1.85. The van der Waals surface area contributed by atoms with Crippen LogP contribution in [0.25, 0.3) is 0 Å². The fraction of sp³-hybridized carbons (Fsp3) is 0.688. The number of rotatable bonds is 6. The first-order valence-corrected chi connectivity index (χ1v) is 8.02. The minimum absolute atomic E-state index is 0.0217. The maximum Gasteiger partial charge on any atom is 0.225 e. The van der Waals surface area contributed by atoms with Gasteiger partial charge in [0, 0.05) is 49.9 Å². The van der Waals surface area contributed by atoms with Crippen LogP contribution in [0.15, 0.2) is 18.7 Å². The van der Waals surface area contributed by atoms with Crippen LogP contribution in [0, 0.1) is 11.3 Å². The maximum absolute atomic E-state index is 12.3. The van der Waals surface area contributed by atoms with Crippen molar-refractivity contribution in [3.8, 4) is 0 Å². The first kappa shape index (κ1) is 15.1. The number of hydrogen-bond donors (Lipinski definition) is 1. The Morgan fingerprint density at radius 2 is 2.27 bits per heavy atom. The molecule has 2 heterocycles. The Kier molecular flexibility index (Phi) is 3.93. The molecule has 6 nitrogen and oxygen atoms in total. The molecule has 0 unspecified atom stereocenters. The summed E-state index contributed by atoms with van der Waals surface area (Å²) in [5.41, 5.74) is 0.177. The fourth-order valence-electron chi connectivity index (χ4n) is 3.16. The first-order chi connectivity index (χ1) is 10.5. The second-order valence-corrected chi connectivity index (χ2v) is 6.99. The molecule has 0 radical (unpaired) electrons. The van der Waals surface area contributed by atoms with Gasteiger partial charge < -0.3 is 14.8 Å². The molecule has 1 saturated carbocycles. The Morgan fingerprint density at radius 1 is 1.50 bits per heavy atom. The number of amides is 2. The number of carbonyl (C=O) groups is 2. The topological polar surface area (TPSA) is 67.2 Å². The summed E-state index contributed by atoms with van der Waals surface area (Å²) in [4.78, 5) is 30.1. The van der Waals surface area contributed by atoms with E-state index in [4.69, 9.17) is 0 Å². The second kappa shape index (κ2) is 5.74. The van der Waals surface area contributed by atoms with Gasteiger partial charge in [0.05, 0.1) is 12.2 Å². The molecule has 1 aromatic heterocycles. The monoisotopic (exact) mass is 304 g/mol. The molecule has 0 bridgehead atoms. The van der Waals surface area contributed by atoms with Crippen LogP contribution in [-0.4, -0.2) is 45.4 Å². The van der Waals surface area contributed by atoms with E-state index < -0.39 is 0 Å². The van der Waals surface area contributed by atoms with Crippen molar-refractivity contribution in [3.63, 3.8) is 0 Å². The Balaban J connectivity index is 1.50. The smallest absolute Gasteiger partial charge is 0.225 e. The van der Waals surface area contributed by atoms with Gasteiger partial charge in [-0.3, -0.25) is 9.59 Å². The zero-order valence-electron chi connectivity index (χ0n) is 13.3. The van der Waals surface area contributed by atoms with Crippen LogP contribution >= 0.6 is 0 Å². The van der Waals surface area contributed by atoms with Crippen molar-refractivity contribution in [1.82, 2.24) is 19.8 Å². The zero-order chi connectivity index (χ0) is 15.7. The van der Waals surface area contributed by atoms with Gasteiger partial charge in [0.15, 0.2) is 0 Å². The van der Waals surface area contributed by atoms with Crippen LogP contribution in [0.3, 0.4) is 0 Å². The third-order valence-electron chi connectivity index (χ3n) is 4.82. The molecule has 2 fully saturated rings. The van der Waals surface area contributed by atoms with Crippen molar-refractivity contribution < 1.29 is 9.59 Å². The lowest BCUT2D eigenvalue weighted by atomic mass is 10.1. The van der Waals surface area contributed by atoms with E-state index in [1.165, 1.54) is 0 Å². The summed E-state index contributed by atoms with van der Waals surface area (Å²) in [7, 11) is 0. The highest BCUT2D eigenvalue weighted by molar-refractivity contribution is 5.89. The SMILES string of the molecule is CC(C)N1C[C@@H](C(=O)NCC2(Cn3ccnc3)CC2)CC1=O. The van der Waals surface area contributed by atoms with Gasteiger partial charge in [-0.2, -0.15) is 0 Å². The Bertz CT molecular complexity index is 549. The Labute approximate surface area is 130 Å². The van der Waals surface area contributed by atoms with Crippen molar-refractivity contribution in [1.29, 1.82) is 0 Å². The molecule has 1 aliphatic carbocycles. The van der Waals surface area contributed by atoms with E-state index in [0.717, 1.165) is 19.4 Å². The lowest BCUT2D eigenvalue weighted by Crippen LogP contribution is -2.38. The predicted molar refractivity (Wildman–Crippen MR) is 81.9 cm³/mol. The molecular formula is C16H24N4O2. The molecule has 120 valence electrons. The van der Waals surface area contributed by atoms with Gasteiger partial charge in [0.25, 0.3) is 0 Å². The van der Waals surface area contributed by atoms with Crippen LogP contribution in [0.4, 0.5) is 0 Å². The van der Waals surface area contributed by atoms with Gasteiger partial charge in [-0.25, -0.2) is 4.98 Å². The van der Waals surface area contributed by atoms with E-state index >= 15 is 0 Å². The van der Waals surface area contributed by atoms with Crippen LogP contribution in [-0.2, 0) is 16.1 Å². The summed E-state index contributed by atoms with van der Waals surface area (Å²) in [6, 6.07) is 0.168. The number of carbonyl (C=O) groups excluding carboxylic acids is 2. The molecule has 1 aromatic rings. The van der Waals surface area contributed by atoms with Gasteiger partial charge in [0.2, 0.25) is 11.8 Å². The molecular weight excluding hydrogens is 280 g/mol. The summed E-state index contributed by atoms with van der Waals surface area (Å²) in [6.45, 7) is 6.12. The minimum atomic E-state index is -0.195. The van der Waals surface area contributed by atoms with E-state index in [-0.39, 0.29) is 29.2 Å². The average Bonchev–Trinajstić information content (AvgIpc) is 2.87. The fourth-order valence-corrected chi connectivity index (χ4v) is 3.16. The van der Waals surface area contributed by atoms with Crippen molar-refractivity contribution >= 4 is 11.8 Å². The number of hydrogen-bond acceptors (Lipinski definition) is 3. The third kappa shape index (κ3) is 3.15. The van der Waals surface area contributed by atoms with Crippen molar-refractivity contribution in [2.75, 3.05) is 13.1 Å². The number of nitrogens with zero attached hydrogens (tertiary/aromatic N) is 3. The summed E-state index contributed by atoms with van der Waals surface area (Å²) in [6.07, 6.45) is 8.16. The number of likely N-dealkylation sites (tertiary alicyclic amines) is 1. The van der Waals surface area contributed by atoms with E-state index in [1.54, 1.807) is 11.1 Å². The highest BCUT2D eigenvalue weighted by atomic mass is 16.2. The van der Waals surface area contributed by atoms with Crippen molar-refractivity contribution in [2.24, 2.45) is 11.3 Å². The number of nitrogens with one attached hydrogen (secondary N) is 1. The molecule has 22 heavy (non-hydrogen) atoms. The molecule has 2 amide bonds. The number of aromatic nitrogens is 2. The maximum atomic E-state index is 12.3. The van der Waals surface area contributed by atoms with E-state index in [1.807, 2.05) is 26.4 Å². The molecule has 3 rings (SSSR count). The number of imidazole rings is 1. The average molecular weight is 304 g/mol. The second-order valence-electron chi connectivity index (χ2n) is 6.99. The first-order valence-electron chi connectivity index (χ1n) is 8.02. The molecule has 0 spiro atoms. The lowest BCUT2D eigenvalue weighted by Gasteiger charge is -2.21. The summed E-state index contributed by atoms with van der Waals surface area (Å²) in [5, 5.41) is 3.07. The van der Waals surface area contributed by atoms with Crippen molar-refractivity contribution in [2.45, 2.75) is 45.7 Å². The summed E-state index contributed by atoms with van der Waals surface area (Å²) < 4.78 is 2.07. The minimum Gasteiger partial charge on any atom is -0.355 e. The molecule has 1 saturated heterocycles. The van der Waals surface area contributed by atoms with Gasteiger partial charge in [-0.05, 0) is 26.7 Å². The molecule has 2 aliphatic rings. The molecule has 1 N–H and O–H groups in total. The quantitative estimate of drug-likeness (QED) is 0.854. The van der Waals surface area contributed by atoms with E-state index in [2.05, 4.69) is 14.9 Å². The molecule has 6 heteroatoms. The zero-order valence-corrected chi connectivity index (χ0v) is 13.3. The van der Waals surface area contributed by atoms with Gasteiger partial charge >= 0.3 is 0 Å². The van der Waals surface area contributed by atoms with Crippen LogP contribution < -0.4 is 5.32 Å². The van der Waals surface area contributed by atoms with Crippen molar-refractivity contribution in [3.05, 3.63) is 18.7 Å². The summed E-state index contributed by atoms with van der Waals surface area (Å²) in [5.74, 6) is -0.0814. The van der Waals surface area contributed by atoms with Gasteiger partial charge in [-0.15, -0.1) is 0 Å². The van der Waals surface area contributed by atoms with Gasteiger partial charge in [0.1, 0.15) is 0 Å². The highest BCUT2D eigenvalue weighted by Crippen LogP contribution is 2.46.